The number of hydrogen-bond acceptors (Lipinski definition) is 5. The minimum Gasteiger partial charge on any atom is -0.490 e. The number of benzene rings is 1. The number of aliphatic hydroxyl groups excluding tert-OH is 1. The van der Waals surface area contributed by atoms with Gasteiger partial charge in [-0.15, -0.1) is 0 Å². The maximum absolute atomic E-state index is 12.3. The SMILES string of the molecule is CN1CC(OC(=O)N2CCC(Oc3cccc(Cl)c3)CC2)CCC1O. The molecular weight excluding hydrogens is 344 g/mol. The average molecular weight is 369 g/mol. The molecule has 2 aliphatic rings. The van der Waals surface area contributed by atoms with Gasteiger partial charge in [0.2, 0.25) is 0 Å². The molecule has 2 saturated heterocycles. The summed E-state index contributed by atoms with van der Waals surface area (Å²) in [4.78, 5) is 15.9. The summed E-state index contributed by atoms with van der Waals surface area (Å²) in [6, 6.07) is 7.37. The number of ether oxygens (including phenoxy) is 2. The lowest BCUT2D eigenvalue weighted by atomic mass is 10.1. The van der Waals surface area contributed by atoms with E-state index >= 15 is 0 Å². The van der Waals surface area contributed by atoms with Crippen molar-refractivity contribution in [2.75, 3.05) is 26.7 Å². The fourth-order valence-electron chi connectivity index (χ4n) is 3.29. The molecular formula is C18H25ClN2O4. The third-order valence-corrected chi connectivity index (χ3v) is 5.05. The fraction of sp³-hybridized carbons (Fsp3) is 0.611. The molecule has 1 N–H and O–H groups in total. The number of likely N-dealkylation sites (tertiary alicyclic amines) is 2. The molecule has 0 radical (unpaired) electrons. The van der Waals surface area contributed by atoms with Crippen LogP contribution in [-0.2, 0) is 4.74 Å². The minimum atomic E-state index is -0.436. The number of rotatable bonds is 3. The Morgan fingerprint density at radius 2 is 1.96 bits per heavy atom. The third kappa shape index (κ3) is 5.00. The number of carbonyl (C=O) groups is 1. The van der Waals surface area contributed by atoms with Gasteiger partial charge in [0, 0.05) is 37.5 Å². The molecule has 2 aliphatic heterocycles. The van der Waals surface area contributed by atoms with E-state index in [1.165, 1.54) is 0 Å². The Labute approximate surface area is 153 Å². The van der Waals surface area contributed by atoms with Gasteiger partial charge in [-0.25, -0.2) is 4.79 Å². The van der Waals surface area contributed by atoms with Crippen molar-refractivity contribution in [2.24, 2.45) is 0 Å². The minimum absolute atomic E-state index is 0.0819. The first-order chi connectivity index (χ1) is 12.0. The highest BCUT2D eigenvalue weighted by Crippen LogP contribution is 2.23. The van der Waals surface area contributed by atoms with E-state index in [0.29, 0.717) is 37.5 Å². The number of halogens is 1. The maximum atomic E-state index is 12.3. The highest BCUT2D eigenvalue weighted by molar-refractivity contribution is 6.30. The van der Waals surface area contributed by atoms with Crippen LogP contribution in [0, 0.1) is 0 Å². The summed E-state index contributed by atoms with van der Waals surface area (Å²) in [7, 11) is 1.84. The predicted octanol–water partition coefficient (Wildman–Crippen LogP) is 2.73. The van der Waals surface area contributed by atoms with Crippen molar-refractivity contribution in [1.82, 2.24) is 9.80 Å². The van der Waals surface area contributed by atoms with Gasteiger partial charge in [-0.05, 0) is 38.1 Å². The molecule has 0 bridgehead atoms. The van der Waals surface area contributed by atoms with Crippen LogP contribution in [0.5, 0.6) is 5.75 Å². The number of aliphatic hydroxyl groups is 1. The van der Waals surface area contributed by atoms with E-state index in [2.05, 4.69) is 0 Å². The summed E-state index contributed by atoms with van der Waals surface area (Å²) >= 11 is 5.97. The topological polar surface area (TPSA) is 62.2 Å². The molecule has 7 heteroatoms. The number of carbonyl (C=O) groups excluding carboxylic acids is 1. The highest BCUT2D eigenvalue weighted by Gasteiger charge is 2.30. The maximum Gasteiger partial charge on any atom is 0.410 e. The summed E-state index contributed by atoms with van der Waals surface area (Å²) in [5.74, 6) is 0.761. The van der Waals surface area contributed by atoms with E-state index in [-0.39, 0.29) is 18.3 Å². The molecule has 3 rings (SSSR count). The normalized spacial score (nSPS) is 25.6. The molecule has 1 aromatic rings. The first-order valence-corrected chi connectivity index (χ1v) is 9.15. The van der Waals surface area contributed by atoms with Crippen LogP contribution in [0.1, 0.15) is 25.7 Å². The van der Waals surface area contributed by atoms with E-state index in [1.54, 1.807) is 11.0 Å². The lowest BCUT2D eigenvalue weighted by Gasteiger charge is -2.36. The molecule has 138 valence electrons. The van der Waals surface area contributed by atoms with E-state index in [9.17, 15) is 9.90 Å². The van der Waals surface area contributed by atoms with Gasteiger partial charge in [0.05, 0.1) is 0 Å². The smallest absolute Gasteiger partial charge is 0.410 e. The first kappa shape index (κ1) is 18.3. The van der Waals surface area contributed by atoms with Crippen molar-refractivity contribution < 1.29 is 19.4 Å². The Hall–Kier alpha value is -1.50. The second kappa shape index (κ2) is 8.25. The summed E-state index contributed by atoms with van der Waals surface area (Å²) in [6.45, 7) is 1.81. The van der Waals surface area contributed by atoms with Crippen LogP contribution in [0.15, 0.2) is 24.3 Å². The molecule has 1 aromatic carbocycles. The largest absolute Gasteiger partial charge is 0.490 e. The zero-order valence-electron chi connectivity index (χ0n) is 14.4. The van der Waals surface area contributed by atoms with Crippen LogP contribution < -0.4 is 4.74 Å². The Balaban J connectivity index is 1.43. The molecule has 0 saturated carbocycles. The van der Waals surface area contributed by atoms with Crippen molar-refractivity contribution in [1.29, 1.82) is 0 Å². The van der Waals surface area contributed by atoms with Gasteiger partial charge >= 0.3 is 6.09 Å². The summed E-state index contributed by atoms with van der Waals surface area (Å²) in [6.07, 6.45) is 2.09. The molecule has 2 atom stereocenters. The average Bonchev–Trinajstić information content (AvgIpc) is 2.59. The van der Waals surface area contributed by atoms with Gasteiger partial charge in [-0.3, -0.25) is 4.90 Å². The van der Waals surface area contributed by atoms with Gasteiger partial charge in [0.15, 0.2) is 0 Å². The Bertz CT molecular complexity index is 592. The standard InChI is InChI=1S/C18H25ClN2O4/c1-20-12-16(5-6-17(20)22)25-18(23)21-9-7-14(8-10-21)24-15-4-2-3-13(19)11-15/h2-4,11,14,16-17,22H,5-10,12H2,1H3. The Morgan fingerprint density at radius 3 is 2.64 bits per heavy atom. The van der Waals surface area contributed by atoms with E-state index < -0.39 is 6.23 Å². The molecule has 2 fully saturated rings. The molecule has 1 amide bonds. The highest BCUT2D eigenvalue weighted by atomic mass is 35.5. The number of likely N-dealkylation sites (N-methyl/N-ethyl adjacent to an activating group) is 1. The molecule has 0 aromatic heterocycles. The van der Waals surface area contributed by atoms with Crippen LogP contribution in [0.3, 0.4) is 0 Å². The molecule has 2 heterocycles. The van der Waals surface area contributed by atoms with Crippen molar-refractivity contribution in [3.05, 3.63) is 29.3 Å². The van der Waals surface area contributed by atoms with Crippen molar-refractivity contribution >= 4 is 17.7 Å². The Kier molecular flexibility index (Phi) is 6.04. The zero-order chi connectivity index (χ0) is 17.8. The Morgan fingerprint density at radius 1 is 1.20 bits per heavy atom. The van der Waals surface area contributed by atoms with Crippen LogP contribution >= 0.6 is 11.6 Å². The van der Waals surface area contributed by atoms with Crippen molar-refractivity contribution in [3.63, 3.8) is 0 Å². The summed E-state index contributed by atoms with van der Waals surface area (Å²) < 4.78 is 11.5. The van der Waals surface area contributed by atoms with Crippen LogP contribution in [-0.4, -0.2) is 66.1 Å². The van der Waals surface area contributed by atoms with E-state index in [0.717, 1.165) is 18.6 Å². The molecule has 25 heavy (non-hydrogen) atoms. The monoisotopic (exact) mass is 368 g/mol. The number of nitrogens with zero attached hydrogens (tertiary/aromatic N) is 2. The summed E-state index contributed by atoms with van der Waals surface area (Å²) in [5, 5.41) is 10.4. The van der Waals surface area contributed by atoms with Gasteiger partial charge in [0.25, 0.3) is 0 Å². The molecule has 2 unspecified atom stereocenters. The van der Waals surface area contributed by atoms with Gasteiger partial charge in [-0.1, -0.05) is 17.7 Å². The van der Waals surface area contributed by atoms with Gasteiger partial charge in [-0.2, -0.15) is 0 Å². The van der Waals surface area contributed by atoms with Crippen LogP contribution in [0.25, 0.3) is 0 Å². The molecule has 6 nitrogen and oxygen atoms in total. The molecule has 0 aliphatic carbocycles. The predicted molar refractivity (Wildman–Crippen MR) is 94.8 cm³/mol. The number of piperidine rings is 2. The third-order valence-electron chi connectivity index (χ3n) is 4.81. The second-order valence-corrected chi connectivity index (χ2v) is 7.20. The van der Waals surface area contributed by atoms with Crippen LogP contribution in [0.4, 0.5) is 4.79 Å². The van der Waals surface area contributed by atoms with E-state index in [4.69, 9.17) is 21.1 Å². The van der Waals surface area contributed by atoms with Crippen molar-refractivity contribution in [2.45, 2.75) is 44.1 Å². The summed E-state index contributed by atoms with van der Waals surface area (Å²) in [5.41, 5.74) is 0. The molecule has 0 spiro atoms. The number of hydrogen-bond donors (Lipinski definition) is 1. The lowest BCUT2D eigenvalue weighted by Crippen LogP contribution is -2.47. The van der Waals surface area contributed by atoms with Crippen molar-refractivity contribution in [3.8, 4) is 5.75 Å². The van der Waals surface area contributed by atoms with Gasteiger partial charge in [0.1, 0.15) is 24.2 Å². The quantitative estimate of drug-likeness (QED) is 0.888. The second-order valence-electron chi connectivity index (χ2n) is 6.76. The van der Waals surface area contributed by atoms with Crippen LogP contribution in [0.2, 0.25) is 5.02 Å². The van der Waals surface area contributed by atoms with E-state index in [1.807, 2.05) is 30.1 Å². The zero-order valence-corrected chi connectivity index (χ0v) is 15.2. The lowest BCUT2D eigenvalue weighted by molar-refractivity contribution is -0.0609. The van der Waals surface area contributed by atoms with Gasteiger partial charge < -0.3 is 19.5 Å². The number of amides is 1. The fourth-order valence-corrected chi connectivity index (χ4v) is 3.47. The first-order valence-electron chi connectivity index (χ1n) is 8.77.